The average Bonchev–Trinajstić information content (AvgIpc) is 2.20. The summed E-state index contributed by atoms with van der Waals surface area (Å²) in [7, 11) is 1.78. The highest BCUT2D eigenvalue weighted by Gasteiger charge is 2.03. The fourth-order valence-electron chi connectivity index (χ4n) is 0.833. The van der Waals surface area contributed by atoms with Gasteiger partial charge < -0.3 is 16.0 Å². The van der Waals surface area contributed by atoms with Crippen molar-refractivity contribution in [1.29, 1.82) is 0 Å². The van der Waals surface area contributed by atoms with E-state index in [1.54, 1.807) is 7.05 Å². The van der Waals surface area contributed by atoms with Gasteiger partial charge in [0, 0.05) is 19.5 Å². The van der Waals surface area contributed by atoms with Gasteiger partial charge in [-0.2, -0.15) is 0 Å². The molecular formula is C9H19N3O2. The first kappa shape index (κ1) is 12.9. The Morgan fingerprint density at radius 2 is 1.79 bits per heavy atom. The number of rotatable bonds is 7. The van der Waals surface area contributed by atoms with Gasteiger partial charge in [-0.15, -0.1) is 0 Å². The summed E-state index contributed by atoms with van der Waals surface area (Å²) in [5, 5.41) is 8.07. The Bertz CT molecular complexity index is 163. The van der Waals surface area contributed by atoms with Gasteiger partial charge in [-0.25, -0.2) is 0 Å². The second-order valence-corrected chi connectivity index (χ2v) is 2.98. The van der Waals surface area contributed by atoms with E-state index in [4.69, 9.17) is 0 Å². The minimum absolute atomic E-state index is 0.0720. The lowest BCUT2D eigenvalue weighted by Crippen LogP contribution is -2.37. The van der Waals surface area contributed by atoms with Crippen LogP contribution in [0.15, 0.2) is 0 Å². The van der Waals surface area contributed by atoms with Gasteiger partial charge in [0.1, 0.15) is 0 Å². The highest BCUT2D eigenvalue weighted by Crippen LogP contribution is 1.76. The van der Waals surface area contributed by atoms with Gasteiger partial charge in [-0.3, -0.25) is 9.59 Å². The fourth-order valence-corrected chi connectivity index (χ4v) is 0.833. The molecule has 0 aliphatic rings. The summed E-state index contributed by atoms with van der Waals surface area (Å²) >= 11 is 0. The monoisotopic (exact) mass is 201 g/mol. The van der Waals surface area contributed by atoms with Crippen LogP contribution in [-0.4, -0.2) is 38.5 Å². The maximum atomic E-state index is 11.0. The van der Waals surface area contributed by atoms with Crippen LogP contribution in [0.1, 0.15) is 19.8 Å². The molecule has 0 rings (SSSR count). The Balaban J connectivity index is 3.41. The van der Waals surface area contributed by atoms with Crippen LogP contribution in [0.4, 0.5) is 0 Å². The first-order chi connectivity index (χ1) is 6.70. The molecule has 0 aliphatic carbocycles. The van der Waals surface area contributed by atoms with E-state index in [2.05, 4.69) is 16.0 Å². The topological polar surface area (TPSA) is 70.2 Å². The molecule has 0 spiro atoms. The molecule has 0 aliphatic heterocycles. The van der Waals surface area contributed by atoms with Gasteiger partial charge in [0.15, 0.2) is 0 Å². The van der Waals surface area contributed by atoms with E-state index in [-0.39, 0.29) is 18.4 Å². The molecule has 3 N–H and O–H groups in total. The minimum atomic E-state index is -0.135. The highest BCUT2D eigenvalue weighted by atomic mass is 16.2. The van der Waals surface area contributed by atoms with Crippen molar-refractivity contribution in [3.05, 3.63) is 0 Å². The molecule has 0 aromatic heterocycles. The third-order valence-electron chi connectivity index (χ3n) is 1.62. The summed E-state index contributed by atoms with van der Waals surface area (Å²) in [4.78, 5) is 22.1. The molecule has 0 aromatic carbocycles. The second kappa shape index (κ2) is 8.50. The molecule has 14 heavy (non-hydrogen) atoms. The predicted molar refractivity (Wildman–Crippen MR) is 54.9 cm³/mol. The molecule has 2 amide bonds. The molecule has 0 bridgehead atoms. The summed E-state index contributed by atoms with van der Waals surface area (Å²) in [5.74, 6) is -0.240. The Hall–Kier alpha value is -1.10. The summed E-state index contributed by atoms with van der Waals surface area (Å²) in [6, 6.07) is 0. The molecule has 5 heteroatoms. The molecule has 0 unspecified atom stereocenters. The molecule has 0 aromatic rings. The molecule has 5 nitrogen and oxygen atoms in total. The third kappa shape index (κ3) is 7.54. The standard InChI is InChI=1S/C9H19N3O2/c1-3-5-11-9(14)7-12-8(13)4-6-10-2/h10H,3-7H2,1-2H3,(H,11,14)(H,12,13). The van der Waals surface area contributed by atoms with Crippen LogP contribution in [0.2, 0.25) is 0 Å². The number of amides is 2. The van der Waals surface area contributed by atoms with Gasteiger partial charge in [-0.1, -0.05) is 6.92 Å². The quantitative estimate of drug-likeness (QED) is 0.507. The number of carbonyl (C=O) groups is 2. The minimum Gasteiger partial charge on any atom is -0.355 e. The van der Waals surface area contributed by atoms with Crippen molar-refractivity contribution in [2.45, 2.75) is 19.8 Å². The lowest BCUT2D eigenvalue weighted by Gasteiger charge is -2.05. The largest absolute Gasteiger partial charge is 0.355 e. The van der Waals surface area contributed by atoms with Gasteiger partial charge in [0.05, 0.1) is 6.54 Å². The van der Waals surface area contributed by atoms with E-state index in [0.717, 1.165) is 6.42 Å². The highest BCUT2D eigenvalue weighted by molar-refractivity contribution is 5.84. The van der Waals surface area contributed by atoms with Crippen molar-refractivity contribution in [3.8, 4) is 0 Å². The van der Waals surface area contributed by atoms with Crippen molar-refractivity contribution >= 4 is 11.8 Å². The summed E-state index contributed by atoms with van der Waals surface area (Å²) < 4.78 is 0. The molecule has 0 atom stereocenters. The van der Waals surface area contributed by atoms with Crippen LogP contribution in [0, 0.1) is 0 Å². The lowest BCUT2D eigenvalue weighted by atomic mass is 10.4. The normalized spacial score (nSPS) is 9.57. The van der Waals surface area contributed by atoms with Crippen molar-refractivity contribution < 1.29 is 9.59 Å². The molecule has 0 saturated carbocycles. The van der Waals surface area contributed by atoms with Gasteiger partial charge in [-0.05, 0) is 13.5 Å². The zero-order valence-electron chi connectivity index (χ0n) is 8.85. The lowest BCUT2D eigenvalue weighted by molar-refractivity contribution is -0.126. The predicted octanol–water partition coefficient (Wildman–Crippen LogP) is -0.762. The second-order valence-electron chi connectivity index (χ2n) is 2.98. The van der Waals surface area contributed by atoms with Crippen molar-refractivity contribution in [3.63, 3.8) is 0 Å². The van der Waals surface area contributed by atoms with E-state index in [9.17, 15) is 9.59 Å². The van der Waals surface area contributed by atoms with Crippen LogP contribution in [0.5, 0.6) is 0 Å². The fraction of sp³-hybridized carbons (Fsp3) is 0.778. The molecule has 82 valence electrons. The van der Waals surface area contributed by atoms with Crippen LogP contribution in [0.3, 0.4) is 0 Å². The first-order valence-corrected chi connectivity index (χ1v) is 4.88. The van der Waals surface area contributed by atoms with Crippen molar-refractivity contribution in [2.75, 3.05) is 26.7 Å². The van der Waals surface area contributed by atoms with E-state index in [0.29, 0.717) is 19.5 Å². The Morgan fingerprint density at radius 3 is 2.36 bits per heavy atom. The first-order valence-electron chi connectivity index (χ1n) is 4.88. The van der Waals surface area contributed by atoms with Crippen LogP contribution in [0.25, 0.3) is 0 Å². The Kier molecular flexibility index (Phi) is 7.83. The summed E-state index contributed by atoms with van der Waals surface area (Å²) in [6.45, 7) is 3.34. The van der Waals surface area contributed by atoms with Crippen molar-refractivity contribution in [1.82, 2.24) is 16.0 Å². The molecular weight excluding hydrogens is 182 g/mol. The zero-order valence-corrected chi connectivity index (χ0v) is 8.85. The van der Waals surface area contributed by atoms with E-state index in [1.807, 2.05) is 6.92 Å². The molecule has 0 saturated heterocycles. The van der Waals surface area contributed by atoms with E-state index in [1.165, 1.54) is 0 Å². The third-order valence-corrected chi connectivity index (χ3v) is 1.62. The smallest absolute Gasteiger partial charge is 0.239 e. The summed E-state index contributed by atoms with van der Waals surface area (Å²) in [5.41, 5.74) is 0. The van der Waals surface area contributed by atoms with E-state index < -0.39 is 0 Å². The van der Waals surface area contributed by atoms with Crippen LogP contribution < -0.4 is 16.0 Å². The Morgan fingerprint density at radius 1 is 1.07 bits per heavy atom. The number of hydrogen-bond acceptors (Lipinski definition) is 3. The summed E-state index contributed by atoms with van der Waals surface area (Å²) in [6.07, 6.45) is 1.30. The number of nitrogens with one attached hydrogen (secondary N) is 3. The van der Waals surface area contributed by atoms with Gasteiger partial charge in [0.2, 0.25) is 11.8 Å². The maximum Gasteiger partial charge on any atom is 0.239 e. The Labute approximate surface area is 84.6 Å². The molecule has 0 fully saturated rings. The van der Waals surface area contributed by atoms with Crippen molar-refractivity contribution in [2.24, 2.45) is 0 Å². The SMILES string of the molecule is CCCNC(=O)CNC(=O)CCNC. The number of carbonyl (C=O) groups excluding carboxylic acids is 2. The zero-order chi connectivity index (χ0) is 10.8. The number of hydrogen-bond donors (Lipinski definition) is 3. The maximum absolute atomic E-state index is 11.0. The average molecular weight is 201 g/mol. The van der Waals surface area contributed by atoms with Gasteiger partial charge in [0.25, 0.3) is 0 Å². The molecule has 0 radical (unpaired) electrons. The van der Waals surface area contributed by atoms with Crippen LogP contribution in [-0.2, 0) is 9.59 Å². The molecule has 0 heterocycles. The van der Waals surface area contributed by atoms with E-state index >= 15 is 0 Å². The van der Waals surface area contributed by atoms with Crippen LogP contribution >= 0.6 is 0 Å². The van der Waals surface area contributed by atoms with Gasteiger partial charge >= 0.3 is 0 Å².